The summed E-state index contributed by atoms with van der Waals surface area (Å²) in [4.78, 5) is 17.3. The van der Waals surface area contributed by atoms with E-state index in [0.29, 0.717) is 22.3 Å². The van der Waals surface area contributed by atoms with E-state index < -0.39 is 29.5 Å². The second-order valence-electron chi connectivity index (χ2n) is 7.14. The number of halogens is 6. The van der Waals surface area contributed by atoms with E-state index in [1.807, 2.05) is 0 Å². The molecule has 0 radical (unpaired) electrons. The average molecular weight is 464 g/mol. The number of hydrogen-bond acceptors (Lipinski definition) is 3. The molecule has 1 amide bonds. The normalized spacial score (nSPS) is 12.2. The van der Waals surface area contributed by atoms with Crippen molar-refractivity contribution in [2.75, 3.05) is 11.9 Å². The first-order valence-electron chi connectivity index (χ1n) is 9.41. The number of anilines is 1. The highest BCUT2D eigenvalue weighted by Crippen LogP contribution is 2.33. The van der Waals surface area contributed by atoms with Gasteiger partial charge in [-0.25, -0.2) is 4.52 Å². The van der Waals surface area contributed by atoms with E-state index in [0.717, 1.165) is 30.5 Å². The maximum Gasteiger partial charge on any atom is 0.433 e. The minimum Gasteiger partial charge on any atom is -0.311 e. The van der Waals surface area contributed by atoms with Crippen molar-refractivity contribution in [3.63, 3.8) is 0 Å². The number of nitrogens with zero attached hydrogens (tertiary/aromatic N) is 4. The lowest BCUT2D eigenvalue weighted by Gasteiger charge is -2.18. The van der Waals surface area contributed by atoms with E-state index in [1.54, 1.807) is 18.3 Å². The number of alkyl halides is 6. The molecule has 0 atom stereocenters. The van der Waals surface area contributed by atoms with Crippen LogP contribution in [0.1, 0.15) is 21.6 Å². The van der Waals surface area contributed by atoms with Gasteiger partial charge < -0.3 is 4.90 Å². The Labute approximate surface area is 182 Å². The fourth-order valence-electron chi connectivity index (χ4n) is 3.24. The van der Waals surface area contributed by atoms with Crippen molar-refractivity contribution < 1.29 is 31.1 Å². The molecule has 0 aliphatic heterocycles. The predicted octanol–water partition coefficient (Wildman–Crippen LogP) is 5.71. The van der Waals surface area contributed by atoms with Crippen molar-refractivity contribution in [1.82, 2.24) is 14.6 Å². The van der Waals surface area contributed by atoms with Gasteiger partial charge in [-0.1, -0.05) is 12.1 Å². The van der Waals surface area contributed by atoms with Crippen molar-refractivity contribution in [3.05, 3.63) is 83.9 Å². The average Bonchev–Trinajstić information content (AvgIpc) is 3.20. The van der Waals surface area contributed by atoms with Crippen molar-refractivity contribution in [1.29, 1.82) is 0 Å². The van der Waals surface area contributed by atoms with Crippen LogP contribution in [0.5, 0.6) is 0 Å². The molecule has 0 spiro atoms. The van der Waals surface area contributed by atoms with Crippen LogP contribution in [0.15, 0.2) is 67.1 Å². The van der Waals surface area contributed by atoms with Crippen LogP contribution in [0.25, 0.3) is 16.6 Å². The third-order valence-corrected chi connectivity index (χ3v) is 5.02. The Bertz CT molecular complexity index is 1310. The van der Waals surface area contributed by atoms with Gasteiger partial charge in [0, 0.05) is 30.7 Å². The number of amides is 1. The fraction of sp³-hybridized carbons (Fsp3) is 0.136. The molecule has 3 heterocycles. The Morgan fingerprint density at radius 1 is 0.909 bits per heavy atom. The van der Waals surface area contributed by atoms with Gasteiger partial charge >= 0.3 is 12.4 Å². The van der Waals surface area contributed by atoms with Gasteiger partial charge in [-0.3, -0.25) is 9.78 Å². The van der Waals surface area contributed by atoms with Gasteiger partial charge in [0.05, 0.1) is 22.8 Å². The third kappa shape index (κ3) is 4.38. The molecule has 0 fully saturated rings. The second-order valence-corrected chi connectivity index (χ2v) is 7.14. The lowest BCUT2D eigenvalue weighted by molar-refractivity contribution is -0.141. The van der Waals surface area contributed by atoms with Crippen molar-refractivity contribution in [3.8, 4) is 11.1 Å². The lowest BCUT2D eigenvalue weighted by Crippen LogP contribution is -2.26. The van der Waals surface area contributed by atoms with Crippen LogP contribution in [-0.2, 0) is 12.4 Å². The van der Waals surface area contributed by atoms with Gasteiger partial charge in [0.2, 0.25) is 0 Å². The van der Waals surface area contributed by atoms with Crippen LogP contribution in [-0.4, -0.2) is 27.6 Å². The predicted molar refractivity (Wildman–Crippen MR) is 108 cm³/mol. The van der Waals surface area contributed by atoms with E-state index >= 15 is 0 Å². The van der Waals surface area contributed by atoms with Gasteiger partial charge in [-0.2, -0.15) is 31.4 Å². The first kappa shape index (κ1) is 22.3. The highest BCUT2D eigenvalue weighted by molar-refractivity contribution is 6.06. The van der Waals surface area contributed by atoms with Crippen LogP contribution in [0, 0.1) is 0 Å². The molecule has 33 heavy (non-hydrogen) atoms. The number of carbonyl (C=O) groups is 1. The molecule has 0 aliphatic rings. The summed E-state index contributed by atoms with van der Waals surface area (Å²) in [6.45, 7) is 0. The van der Waals surface area contributed by atoms with E-state index in [-0.39, 0.29) is 5.56 Å². The standard InChI is InChI=1S/C22H14F6N4O/c1-31(20(33)14-4-7-19(29-11-14)22(26,27)28)16-8-9-32-18(10-16)17(12-30-32)13-2-5-15(6-3-13)21(23,24)25/h2-12H,1H3. The van der Waals surface area contributed by atoms with Gasteiger partial charge in [0.25, 0.3) is 5.91 Å². The topological polar surface area (TPSA) is 50.5 Å². The molecule has 5 nitrogen and oxygen atoms in total. The van der Waals surface area contributed by atoms with Gasteiger partial charge in [-0.15, -0.1) is 0 Å². The summed E-state index contributed by atoms with van der Waals surface area (Å²) in [5.41, 5.74) is 0.0431. The number of aromatic nitrogens is 3. The quantitative estimate of drug-likeness (QED) is 0.365. The third-order valence-electron chi connectivity index (χ3n) is 5.02. The van der Waals surface area contributed by atoms with E-state index in [4.69, 9.17) is 0 Å². The Morgan fingerprint density at radius 3 is 2.18 bits per heavy atom. The summed E-state index contributed by atoms with van der Waals surface area (Å²) in [5.74, 6) is -0.587. The Hall–Kier alpha value is -3.89. The largest absolute Gasteiger partial charge is 0.433 e. The second kappa shape index (κ2) is 7.91. The molecule has 0 N–H and O–H groups in total. The summed E-state index contributed by atoms with van der Waals surface area (Å²) in [5, 5.41) is 4.18. The van der Waals surface area contributed by atoms with Crippen molar-refractivity contribution in [2.24, 2.45) is 0 Å². The Morgan fingerprint density at radius 2 is 1.61 bits per heavy atom. The monoisotopic (exact) mass is 464 g/mol. The highest BCUT2D eigenvalue weighted by atomic mass is 19.4. The van der Waals surface area contributed by atoms with Crippen LogP contribution >= 0.6 is 0 Å². The van der Waals surface area contributed by atoms with Gasteiger partial charge in [0.15, 0.2) is 0 Å². The van der Waals surface area contributed by atoms with E-state index in [2.05, 4.69) is 10.1 Å². The Balaban J connectivity index is 1.64. The first-order valence-corrected chi connectivity index (χ1v) is 9.41. The number of rotatable bonds is 3. The highest BCUT2D eigenvalue weighted by Gasteiger charge is 2.32. The van der Waals surface area contributed by atoms with Crippen molar-refractivity contribution >= 4 is 17.1 Å². The van der Waals surface area contributed by atoms with Crippen LogP contribution in [0.2, 0.25) is 0 Å². The smallest absolute Gasteiger partial charge is 0.311 e. The van der Waals surface area contributed by atoms with Crippen molar-refractivity contribution in [2.45, 2.75) is 12.4 Å². The zero-order valence-electron chi connectivity index (χ0n) is 16.8. The summed E-state index contributed by atoms with van der Waals surface area (Å²) in [6.07, 6.45) is -5.17. The number of carbonyl (C=O) groups excluding carboxylic acids is 1. The maximum absolute atomic E-state index is 12.8. The molecule has 4 aromatic rings. The summed E-state index contributed by atoms with van der Waals surface area (Å²) in [7, 11) is 1.44. The van der Waals surface area contributed by atoms with Gasteiger partial charge in [0.1, 0.15) is 5.69 Å². The molecule has 11 heteroatoms. The SMILES string of the molecule is CN(C(=O)c1ccc(C(F)(F)F)nc1)c1ccn2ncc(-c3ccc(C(F)(F)F)cc3)c2c1. The molecule has 0 saturated heterocycles. The van der Waals surface area contributed by atoms with Gasteiger partial charge in [-0.05, 0) is 42.0 Å². The van der Waals surface area contributed by atoms with Crippen LogP contribution < -0.4 is 4.90 Å². The summed E-state index contributed by atoms with van der Waals surface area (Å²) >= 11 is 0. The molecule has 0 unspecified atom stereocenters. The number of hydrogen-bond donors (Lipinski definition) is 0. The molecule has 4 rings (SSSR count). The minimum absolute atomic E-state index is 0.0400. The molecule has 0 saturated carbocycles. The lowest BCUT2D eigenvalue weighted by atomic mass is 10.0. The number of pyridine rings is 2. The molecule has 170 valence electrons. The fourth-order valence-corrected chi connectivity index (χ4v) is 3.24. The van der Waals surface area contributed by atoms with E-state index in [9.17, 15) is 31.1 Å². The number of benzene rings is 1. The zero-order chi connectivity index (χ0) is 24.0. The molecule has 1 aromatic carbocycles. The molecule has 0 aliphatic carbocycles. The van der Waals surface area contributed by atoms with Crippen LogP contribution in [0.4, 0.5) is 32.0 Å². The maximum atomic E-state index is 12.8. The summed E-state index contributed by atoms with van der Waals surface area (Å²) in [6, 6.07) is 9.54. The molecular formula is C22H14F6N4O. The zero-order valence-corrected chi connectivity index (χ0v) is 16.8. The molecule has 3 aromatic heterocycles. The first-order chi connectivity index (χ1) is 15.4. The summed E-state index contributed by atoms with van der Waals surface area (Å²) < 4.78 is 78.1. The molecule has 0 bridgehead atoms. The van der Waals surface area contributed by atoms with E-state index in [1.165, 1.54) is 34.8 Å². The molecular weight excluding hydrogens is 450 g/mol. The van der Waals surface area contributed by atoms with Crippen LogP contribution in [0.3, 0.4) is 0 Å². The Kier molecular flexibility index (Phi) is 5.35. The minimum atomic E-state index is -4.62. The number of fused-ring (bicyclic) bond motifs is 1.